The Kier molecular flexibility index (Phi) is 10.0. The zero-order chi connectivity index (χ0) is 31.3. The molecule has 1 fully saturated rings. The maximum Gasteiger partial charge on any atom is 0.393 e. The summed E-state index contributed by atoms with van der Waals surface area (Å²) >= 11 is 1.04. The highest BCUT2D eigenvalue weighted by Crippen LogP contribution is 2.33. The first-order valence-corrected chi connectivity index (χ1v) is 15.1. The number of nitrogens with one attached hydrogen (secondary N) is 1. The number of aromatic nitrogens is 3. The van der Waals surface area contributed by atoms with E-state index in [1.54, 1.807) is 17.7 Å². The van der Waals surface area contributed by atoms with E-state index in [9.17, 15) is 28.6 Å². The number of halogens is 3. The highest BCUT2D eigenvalue weighted by atomic mass is 32.1. The lowest BCUT2D eigenvalue weighted by Gasteiger charge is -2.32. The fraction of sp³-hybridized carbons (Fsp3) is 0.500. The van der Waals surface area contributed by atoms with Crippen molar-refractivity contribution in [2.45, 2.75) is 50.2 Å². The number of thiophene rings is 1. The van der Waals surface area contributed by atoms with Gasteiger partial charge < -0.3 is 29.6 Å². The summed E-state index contributed by atoms with van der Waals surface area (Å²) in [5.74, 6) is 0.566. The highest BCUT2D eigenvalue weighted by molar-refractivity contribution is 7.18. The van der Waals surface area contributed by atoms with Gasteiger partial charge >= 0.3 is 6.18 Å². The Hall–Kier alpha value is -3.32. The van der Waals surface area contributed by atoms with Crippen LogP contribution in [-0.4, -0.2) is 94.1 Å². The van der Waals surface area contributed by atoms with Crippen LogP contribution in [0.4, 0.5) is 19.0 Å². The zero-order valence-electron chi connectivity index (χ0n) is 24.3. The molecule has 4 aromatic rings. The van der Waals surface area contributed by atoms with E-state index in [1.807, 2.05) is 18.2 Å². The van der Waals surface area contributed by atoms with Crippen molar-refractivity contribution < 1.29 is 32.9 Å². The number of methoxy groups -OCH3 is 1. The number of rotatable bonds is 13. The predicted octanol–water partition coefficient (Wildman–Crippen LogP) is 4.09. The van der Waals surface area contributed by atoms with E-state index in [-0.39, 0.29) is 30.7 Å². The monoisotopic (exact) mass is 632 g/mol. The molecule has 3 N–H and O–H groups in total. The molecule has 1 aliphatic rings. The van der Waals surface area contributed by atoms with Gasteiger partial charge in [-0.25, -0.2) is 9.97 Å². The first-order valence-electron chi connectivity index (χ1n) is 14.3. The molecule has 236 valence electrons. The third-order valence-electron chi connectivity index (χ3n) is 7.72. The normalized spacial score (nSPS) is 16.4. The molecule has 0 bridgehead atoms. The van der Waals surface area contributed by atoms with E-state index >= 15 is 0 Å². The molecule has 1 atom stereocenters. The van der Waals surface area contributed by atoms with E-state index in [0.717, 1.165) is 53.7 Å². The summed E-state index contributed by atoms with van der Waals surface area (Å²) in [6.45, 7) is 2.37. The lowest BCUT2D eigenvalue weighted by molar-refractivity contribution is -0.126. The van der Waals surface area contributed by atoms with E-state index in [4.69, 9.17) is 9.47 Å². The Morgan fingerprint density at radius 2 is 1.95 bits per heavy atom. The van der Waals surface area contributed by atoms with Crippen LogP contribution in [-0.2, 0) is 29.0 Å². The Labute approximate surface area is 256 Å². The van der Waals surface area contributed by atoms with Crippen LogP contribution in [0.5, 0.6) is 0 Å². The SMILES string of the molecule is COCCOCC(O)(CO)Cn1c(C#N)cc2cc(CN3CCC(Nc4ncnc5sc(CC(F)(F)F)cc45)CC3)ccc21. The van der Waals surface area contributed by atoms with Gasteiger partial charge in [-0.3, -0.25) is 4.90 Å². The molecule has 10 nitrogen and oxygen atoms in total. The number of likely N-dealkylation sites (tertiary alicyclic amines) is 1. The third-order valence-corrected chi connectivity index (χ3v) is 8.76. The standard InChI is InChI=1S/C30H35F3N6O4S/c1-42-8-9-43-18-29(41,17-40)16-39-23(14-34)11-21-10-20(2-3-26(21)39)15-38-6-4-22(5-7-38)37-27-25-12-24(13-30(31,32)33)44-28(25)36-19-35-27/h2-3,10-12,19,22,40-41H,4-9,13,15-18H2,1H3,(H,35,36,37). The maximum absolute atomic E-state index is 12.9. The van der Waals surface area contributed by atoms with Gasteiger partial charge in [-0.15, -0.1) is 11.3 Å². The van der Waals surface area contributed by atoms with Crippen molar-refractivity contribution in [3.63, 3.8) is 0 Å². The highest BCUT2D eigenvalue weighted by Gasteiger charge is 2.30. The fourth-order valence-electron chi connectivity index (χ4n) is 5.51. The van der Waals surface area contributed by atoms with Crippen molar-refractivity contribution >= 4 is 38.3 Å². The first kappa shape index (κ1) is 32.1. The summed E-state index contributed by atoms with van der Waals surface area (Å²) in [6.07, 6.45) is -2.18. The van der Waals surface area contributed by atoms with Crippen molar-refractivity contribution in [1.82, 2.24) is 19.4 Å². The molecule has 0 saturated carbocycles. The number of ether oxygens (including phenoxy) is 2. The topological polar surface area (TPSA) is 129 Å². The minimum atomic E-state index is -4.27. The molecule has 3 aromatic heterocycles. The van der Waals surface area contributed by atoms with Crippen LogP contribution in [0, 0.1) is 11.3 Å². The quantitative estimate of drug-likeness (QED) is 0.187. The van der Waals surface area contributed by atoms with Crippen LogP contribution in [0.25, 0.3) is 21.1 Å². The fourth-order valence-corrected chi connectivity index (χ4v) is 6.54. The maximum atomic E-state index is 12.9. The number of aliphatic hydroxyl groups excluding tert-OH is 1. The van der Waals surface area contributed by atoms with Crippen LogP contribution in [0.15, 0.2) is 36.7 Å². The Bertz CT molecular complexity index is 1610. The summed E-state index contributed by atoms with van der Waals surface area (Å²) in [5, 5.41) is 35.5. The van der Waals surface area contributed by atoms with Gasteiger partial charge in [0.1, 0.15) is 34.3 Å². The van der Waals surface area contributed by atoms with Gasteiger partial charge in [-0.2, -0.15) is 18.4 Å². The lowest BCUT2D eigenvalue weighted by atomic mass is 10.0. The van der Waals surface area contributed by atoms with Gasteiger partial charge in [-0.1, -0.05) is 6.07 Å². The third kappa shape index (κ3) is 7.84. The number of benzene rings is 1. The lowest BCUT2D eigenvalue weighted by Crippen LogP contribution is -2.43. The van der Waals surface area contributed by atoms with E-state index in [0.29, 0.717) is 34.9 Å². The second-order valence-corrected chi connectivity index (χ2v) is 12.3. The summed E-state index contributed by atoms with van der Waals surface area (Å²) in [7, 11) is 1.55. The van der Waals surface area contributed by atoms with Gasteiger partial charge in [0, 0.05) is 48.6 Å². The molecule has 1 saturated heterocycles. The molecule has 44 heavy (non-hydrogen) atoms. The smallest absolute Gasteiger partial charge is 0.393 e. The predicted molar refractivity (Wildman–Crippen MR) is 160 cm³/mol. The molecule has 0 spiro atoms. The average molecular weight is 633 g/mol. The van der Waals surface area contributed by atoms with Gasteiger partial charge in [0.05, 0.1) is 44.8 Å². The summed E-state index contributed by atoms with van der Waals surface area (Å²) < 4.78 is 50.8. The molecule has 4 heterocycles. The number of fused-ring (bicyclic) bond motifs is 2. The number of anilines is 1. The average Bonchev–Trinajstić information content (AvgIpc) is 3.56. The van der Waals surface area contributed by atoms with Crippen molar-refractivity contribution in [1.29, 1.82) is 5.26 Å². The number of piperidine rings is 1. The van der Waals surface area contributed by atoms with Crippen LogP contribution in [0.3, 0.4) is 0 Å². The molecule has 0 radical (unpaired) electrons. The van der Waals surface area contributed by atoms with Gasteiger partial charge in [-0.05, 0) is 42.7 Å². The molecule has 0 amide bonds. The number of hydrogen-bond donors (Lipinski definition) is 3. The Morgan fingerprint density at radius 3 is 2.66 bits per heavy atom. The first-order chi connectivity index (χ1) is 21.1. The van der Waals surface area contributed by atoms with Crippen molar-refractivity contribution in [2.24, 2.45) is 0 Å². The number of nitriles is 1. The molecule has 5 rings (SSSR count). The molecular weight excluding hydrogens is 597 g/mol. The summed E-state index contributed by atoms with van der Waals surface area (Å²) in [6, 6.07) is 11.6. The van der Waals surface area contributed by atoms with Crippen LogP contribution in [0.1, 0.15) is 29.0 Å². The van der Waals surface area contributed by atoms with E-state index in [2.05, 4.69) is 26.3 Å². The number of nitrogens with zero attached hydrogens (tertiary/aromatic N) is 5. The van der Waals surface area contributed by atoms with Crippen LogP contribution >= 0.6 is 11.3 Å². The van der Waals surface area contributed by atoms with Gasteiger partial charge in [0.2, 0.25) is 0 Å². The largest absolute Gasteiger partial charge is 0.393 e. The van der Waals surface area contributed by atoms with Gasteiger partial charge in [0.25, 0.3) is 0 Å². The number of aliphatic hydroxyl groups is 2. The van der Waals surface area contributed by atoms with Crippen LogP contribution in [0.2, 0.25) is 0 Å². The molecule has 14 heteroatoms. The number of alkyl halides is 3. The second kappa shape index (κ2) is 13.8. The van der Waals surface area contributed by atoms with Crippen molar-refractivity contribution in [3.05, 3.63) is 52.8 Å². The Balaban J connectivity index is 1.20. The molecule has 1 unspecified atom stereocenters. The second-order valence-electron chi connectivity index (χ2n) is 11.2. The molecular formula is C30H35F3N6O4S. The van der Waals surface area contributed by atoms with E-state index < -0.39 is 24.8 Å². The minimum Gasteiger partial charge on any atom is -0.393 e. The summed E-state index contributed by atoms with van der Waals surface area (Å²) in [4.78, 5) is 11.6. The molecule has 0 aliphatic carbocycles. The Morgan fingerprint density at radius 1 is 1.16 bits per heavy atom. The van der Waals surface area contributed by atoms with Crippen LogP contribution < -0.4 is 5.32 Å². The van der Waals surface area contributed by atoms with Crippen molar-refractivity contribution in [2.75, 3.05) is 51.9 Å². The molecule has 1 aliphatic heterocycles. The minimum absolute atomic E-state index is 0.00357. The van der Waals surface area contributed by atoms with Crippen molar-refractivity contribution in [3.8, 4) is 6.07 Å². The number of hydrogen-bond acceptors (Lipinski definition) is 10. The van der Waals surface area contributed by atoms with E-state index in [1.165, 1.54) is 12.4 Å². The molecule has 1 aromatic carbocycles. The summed E-state index contributed by atoms with van der Waals surface area (Å²) in [5.41, 5.74) is 0.677. The van der Waals surface area contributed by atoms with Gasteiger partial charge in [0.15, 0.2) is 0 Å². The zero-order valence-corrected chi connectivity index (χ0v) is 25.1.